The highest BCUT2D eigenvalue weighted by atomic mass is 32.2. The van der Waals surface area contributed by atoms with Gasteiger partial charge in [0.2, 0.25) is 0 Å². The second kappa shape index (κ2) is 6.14. The summed E-state index contributed by atoms with van der Waals surface area (Å²) < 4.78 is 30.1. The van der Waals surface area contributed by atoms with Crippen molar-refractivity contribution in [3.05, 3.63) is 51.8 Å². The Hall–Kier alpha value is -2.42. The number of nitro groups is 1. The largest absolute Gasteiger partial charge is 0.382 e. The van der Waals surface area contributed by atoms with Gasteiger partial charge >= 0.3 is 15.8 Å². The first kappa shape index (κ1) is 16.0. The lowest BCUT2D eigenvalue weighted by atomic mass is 10.3. The average Bonchev–Trinajstić information content (AvgIpc) is 2.72. The van der Waals surface area contributed by atoms with Gasteiger partial charge in [-0.15, -0.1) is 0 Å². The molecule has 0 saturated carbocycles. The fourth-order valence-electron chi connectivity index (χ4n) is 2.03. The summed E-state index contributed by atoms with van der Waals surface area (Å²) in [5.41, 5.74) is 0.475. The number of rotatable bonds is 6. The Bertz CT molecular complexity index is 784. The van der Waals surface area contributed by atoms with Crippen molar-refractivity contribution in [2.45, 2.75) is 20.4 Å². The molecule has 0 atom stereocenters. The van der Waals surface area contributed by atoms with E-state index >= 15 is 0 Å². The molecule has 0 bridgehead atoms. The van der Waals surface area contributed by atoms with Crippen molar-refractivity contribution in [3.63, 3.8) is 0 Å². The molecule has 8 nitrogen and oxygen atoms in total. The van der Waals surface area contributed by atoms with Crippen molar-refractivity contribution >= 4 is 15.8 Å². The fraction of sp³-hybridized carbons (Fsp3) is 0.308. The van der Waals surface area contributed by atoms with Gasteiger partial charge in [0.25, 0.3) is 0 Å². The quantitative estimate of drug-likeness (QED) is 0.456. The highest BCUT2D eigenvalue weighted by Gasteiger charge is 2.23. The Morgan fingerprint density at radius 3 is 2.45 bits per heavy atom. The summed E-state index contributed by atoms with van der Waals surface area (Å²) in [5.74, 6) is -0.108. The lowest BCUT2D eigenvalue weighted by molar-refractivity contribution is -0.386. The lowest BCUT2D eigenvalue weighted by Gasteiger charge is -2.07. The van der Waals surface area contributed by atoms with Crippen LogP contribution in [0.15, 0.2) is 30.3 Å². The van der Waals surface area contributed by atoms with Crippen molar-refractivity contribution in [2.75, 3.05) is 5.75 Å². The number of aryl methyl sites for hydroxylation is 2. The molecule has 22 heavy (non-hydrogen) atoms. The minimum absolute atomic E-state index is 0.0182. The number of benzene rings is 1. The molecule has 118 valence electrons. The number of aromatic nitrogens is 2. The maximum absolute atomic E-state index is 11.9. The molecule has 9 heteroatoms. The van der Waals surface area contributed by atoms with E-state index in [1.54, 1.807) is 18.2 Å². The molecule has 0 aliphatic heterocycles. The summed E-state index contributed by atoms with van der Waals surface area (Å²) in [7, 11) is -3.80. The molecule has 2 aromatic rings. The van der Waals surface area contributed by atoms with E-state index in [2.05, 4.69) is 5.10 Å². The standard InChI is InChI=1S/C13H15N3O5S/c1-10-13(16(17)18)11(2)15(14-10)8-9-22(19,20)21-12-6-4-3-5-7-12/h3-7H,8-9H2,1-2H3. The van der Waals surface area contributed by atoms with E-state index in [1.165, 1.54) is 30.7 Å². The Balaban J connectivity index is 2.10. The van der Waals surface area contributed by atoms with Crippen LogP contribution in [0.2, 0.25) is 0 Å². The molecule has 2 rings (SSSR count). The van der Waals surface area contributed by atoms with Crippen molar-refractivity contribution in [1.82, 2.24) is 9.78 Å². The van der Waals surface area contributed by atoms with Crippen molar-refractivity contribution in [2.24, 2.45) is 0 Å². The Morgan fingerprint density at radius 1 is 1.27 bits per heavy atom. The molecule has 0 aliphatic carbocycles. The monoisotopic (exact) mass is 325 g/mol. The van der Waals surface area contributed by atoms with Gasteiger partial charge in [0.1, 0.15) is 22.9 Å². The second-order valence-electron chi connectivity index (χ2n) is 4.66. The van der Waals surface area contributed by atoms with Crippen LogP contribution in [0.4, 0.5) is 5.69 Å². The molecule has 1 heterocycles. The molecule has 1 aromatic heterocycles. The third-order valence-corrected chi connectivity index (χ3v) is 4.17. The minimum atomic E-state index is -3.80. The van der Waals surface area contributed by atoms with E-state index in [-0.39, 0.29) is 29.4 Å². The van der Waals surface area contributed by atoms with E-state index in [9.17, 15) is 18.5 Å². The molecule has 1 aromatic carbocycles. The van der Waals surface area contributed by atoms with E-state index in [1.807, 2.05) is 0 Å². The number of hydrogen-bond donors (Lipinski definition) is 0. The smallest absolute Gasteiger partial charge is 0.312 e. The molecule has 0 radical (unpaired) electrons. The molecule has 0 unspecified atom stereocenters. The maximum atomic E-state index is 11.9. The normalized spacial score (nSPS) is 11.4. The van der Waals surface area contributed by atoms with E-state index in [0.717, 1.165) is 0 Å². The Labute approximate surface area is 127 Å². The van der Waals surface area contributed by atoms with Gasteiger partial charge in [0.05, 0.1) is 11.5 Å². The average molecular weight is 325 g/mol. The minimum Gasteiger partial charge on any atom is -0.382 e. The first-order valence-corrected chi connectivity index (χ1v) is 8.03. The number of para-hydroxylation sites is 1. The number of nitrogens with zero attached hydrogens (tertiary/aromatic N) is 3. The lowest BCUT2D eigenvalue weighted by Crippen LogP contribution is -2.19. The third-order valence-electron chi connectivity index (χ3n) is 3.05. The predicted molar refractivity (Wildman–Crippen MR) is 79.2 cm³/mol. The van der Waals surface area contributed by atoms with E-state index in [0.29, 0.717) is 5.69 Å². The van der Waals surface area contributed by atoms with E-state index < -0.39 is 15.0 Å². The van der Waals surface area contributed by atoms with E-state index in [4.69, 9.17) is 4.18 Å². The van der Waals surface area contributed by atoms with Crippen molar-refractivity contribution in [1.29, 1.82) is 0 Å². The second-order valence-corrected chi connectivity index (χ2v) is 6.35. The Kier molecular flexibility index (Phi) is 4.45. The number of hydrogen-bond acceptors (Lipinski definition) is 6. The summed E-state index contributed by atoms with van der Waals surface area (Å²) >= 11 is 0. The Morgan fingerprint density at radius 2 is 1.91 bits per heavy atom. The third kappa shape index (κ3) is 3.61. The topological polar surface area (TPSA) is 104 Å². The van der Waals surface area contributed by atoms with Gasteiger partial charge < -0.3 is 4.18 Å². The van der Waals surface area contributed by atoms with Crippen LogP contribution in [0.1, 0.15) is 11.4 Å². The summed E-state index contributed by atoms with van der Waals surface area (Å²) in [4.78, 5) is 10.4. The first-order valence-electron chi connectivity index (χ1n) is 6.46. The zero-order chi connectivity index (χ0) is 16.3. The van der Waals surface area contributed by atoms with Gasteiger partial charge in [-0.1, -0.05) is 18.2 Å². The molecular weight excluding hydrogens is 310 g/mol. The summed E-state index contributed by atoms with van der Waals surface area (Å²) in [6.45, 7) is 3.02. The molecule has 0 saturated heterocycles. The van der Waals surface area contributed by atoms with Gasteiger partial charge in [0, 0.05) is 0 Å². The van der Waals surface area contributed by atoms with Crippen molar-refractivity contribution in [3.8, 4) is 5.75 Å². The van der Waals surface area contributed by atoms with Crippen LogP contribution in [0.5, 0.6) is 5.75 Å². The highest BCUT2D eigenvalue weighted by molar-refractivity contribution is 7.87. The van der Waals surface area contributed by atoms with Crippen molar-refractivity contribution < 1.29 is 17.5 Å². The molecule has 0 spiro atoms. The molecule has 0 aliphatic rings. The van der Waals surface area contributed by atoms with Crippen LogP contribution in [-0.4, -0.2) is 28.9 Å². The van der Waals surface area contributed by atoms with Gasteiger partial charge in [-0.25, -0.2) is 0 Å². The fourth-order valence-corrected chi connectivity index (χ4v) is 2.92. The van der Waals surface area contributed by atoms with Crippen LogP contribution < -0.4 is 4.18 Å². The predicted octanol–water partition coefficient (Wildman–Crippen LogP) is 1.82. The zero-order valence-electron chi connectivity index (χ0n) is 12.1. The van der Waals surface area contributed by atoms with Gasteiger partial charge in [-0.3, -0.25) is 14.8 Å². The maximum Gasteiger partial charge on any atom is 0.312 e. The van der Waals surface area contributed by atoms with Gasteiger partial charge in [-0.2, -0.15) is 13.5 Å². The molecule has 0 fully saturated rings. The van der Waals surface area contributed by atoms with Crippen LogP contribution in [0.25, 0.3) is 0 Å². The summed E-state index contributed by atoms with van der Waals surface area (Å²) in [5, 5.41) is 14.9. The molecule has 0 N–H and O–H groups in total. The van der Waals surface area contributed by atoms with Crippen LogP contribution in [-0.2, 0) is 16.7 Å². The van der Waals surface area contributed by atoms with Crippen LogP contribution in [0, 0.1) is 24.0 Å². The highest BCUT2D eigenvalue weighted by Crippen LogP contribution is 2.21. The zero-order valence-corrected chi connectivity index (χ0v) is 12.9. The summed E-state index contributed by atoms with van der Waals surface area (Å²) in [6, 6.07) is 8.14. The molecular formula is C13H15N3O5S. The molecule has 0 amide bonds. The van der Waals surface area contributed by atoms with Gasteiger partial charge in [-0.05, 0) is 26.0 Å². The van der Waals surface area contributed by atoms with Crippen LogP contribution >= 0.6 is 0 Å². The first-order chi connectivity index (χ1) is 10.3. The van der Waals surface area contributed by atoms with Gasteiger partial charge in [0.15, 0.2) is 0 Å². The van der Waals surface area contributed by atoms with Crippen LogP contribution in [0.3, 0.4) is 0 Å². The SMILES string of the molecule is Cc1nn(CCS(=O)(=O)Oc2ccccc2)c(C)c1[N+](=O)[O-]. The summed E-state index contributed by atoms with van der Waals surface area (Å²) in [6.07, 6.45) is 0.